The van der Waals surface area contributed by atoms with Crippen LogP contribution < -0.4 is 0 Å². The fourth-order valence-electron chi connectivity index (χ4n) is 7.19. The maximum absolute atomic E-state index is 12.1. The Labute approximate surface area is 179 Å². The maximum atomic E-state index is 12.1. The summed E-state index contributed by atoms with van der Waals surface area (Å²) in [6.07, 6.45) is 10.4. The molecule has 1 aromatic carbocycles. The maximum Gasteiger partial charge on any atom is 0.156 e. The molecule has 5 rings (SSSR count). The van der Waals surface area contributed by atoms with Crippen LogP contribution in [0.5, 0.6) is 0 Å². The first-order chi connectivity index (χ1) is 14.5. The van der Waals surface area contributed by atoms with Crippen molar-refractivity contribution in [1.29, 1.82) is 0 Å². The average molecular weight is 405 g/mol. The molecular weight excluding hydrogens is 372 g/mol. The van der Waals surface area contributed by atoms with Crippen LogP contribution in [0, 0.1) is 17.3 Å². The number of rotatable bonds is 4. The summed E-state index contributed by atoms with van der Waals surface area (Å²) in [7, 11) is 0. The van der Waals surface area contributed by atoms with E-state index in [1.165, 1.54) is 23.1 Å². The van der Waals surface area contributed by atoms with Crippen LogP contribution in [0.25, 0.3) is 0 Å². The highest BCUT2D eigenvalue weighted by molar-refractivity contribution is 5.93. The molecule has 2 saturated carbocycles. The highest BCUT2D eigenvalue weighted by Crippen LogP contribution is 2.64. The van der Waals surface area contributed by atoms with Gasteiger partial charge in [-0.3, -0.25) is 9.59 Å². The third kappa shape index (κ3) is 3.05. The summed E-state index contributed by atoms with van der Waals surface area (Å²) in [5.41, 5.74) is 6.62. The van der Waals surface area contributed by atoms with E-state index in [1.54, 1.807) is 5.57 Å². The molecule has 4 aliphatic carbocycles. The van der Waals surface area contributed by atoms with Crippen LogP contribution in [0.2, 0.25) is 0 Å². The molecule has 0 heterocycles. The van der Waals surface area contributed by atoms with Crippen LogP contribution in [0.1, 0.15) is 80.6 Å². The minimum atomic E-state index is 0.185. The van der Waals surface area contributed by atoms with Crippen molar-refractivity contribution in [3.05, 3.63) is 58.2 Å². The number of ether oxygens (including phenoxy) is 1. The molecule has 158 valence electrons. The molecular formula is C27H32O3. The number of fused-ring (bicyclic) bond motifs is 4. The van der Waals surface area contributed by atoms with E-state index in [0.717, 1.165) is 50.6 Å². The molecule has 0 bridgehead atoms. The van der Waals surface area contributed by atoms with Crippen LogP contribution in [0.3, 0.4) is 0 Å². The minimum absolute atomic E-state index is 0.185. The lowest BCUT2D eigenvalue weighted by molar-refractivity contribution is -0.114. The standard InChI is InChI=1S/C27H32O3/c1-3-30-25-13-12-24-22-10-8-19-14-20(29)9-11-21(19)26(22)23(15-27(24,25)2)18-6-4-17(16-28)5-7-18/h4-7,14,16,22-25H,3,8-13,15H2,1-2H3/t22-,23+,24-,25-,27-/m0/s1. The van der Waals surface area contributed by atoms with Gasteiger partial charge in [-0.15, -0.1) is 0 Å². The van der Waals surface area contributed by atoms with Crippen LogP contribution in [-0.4, -0.2) is 24.8 Å². The molecule has 30 heavy (non-hydrogen) atoms. The van der Waals surface area contributed by atoms with E-state index >= 15 is 0 Å². The monoisotopic (exact) mass is 404 g/mol. The summed E-state index contributed by atoms with van der Waals surface area (Å²) < 4.78 is 6.28. The average Bonchev–Trinajstić information content (AvgIpc) is 3.09. The summed E-state index contributed by atoms with van der Waals surface area (Å²) in [4.78, 5) is 23.3. The van der Waals surface area contributed by atoms with E-state index in [2.05, 4.69) is 26.0 Å². The van der Waals surface area contributed by atoms with E-state index in [9.17, 15) is 9.59 Å². The lowest BCUT2D eigenvalue weighted by Crippen LogP contribution is -2.45. The van der Waals surface area contributed by atoms with Crippen LogP contribution in [0.4, 0.5) is 0 Å². The highest BCUT2D eigenvalue weighted by Gasteiger charge is 2.57. The zero-order valence-corrected chi connectivity index (χ0v) is 18.2. The quantitative estimate of drug-likeness (QED) is 0.595. The van der Waals surface area contributed by atoms with Crippen molar-refractivity contribution in [3.63, 3.8) is 0 Å². The lowest BCUT2D eigenvalue weighted by atomic mass is 9.53. The summed E-state index contributed by atoms with van der Waals surface area (Å²) in [6, 6.07) is 8.21. The van der Waals surface area contributed by atoms with Gasteiger partial charge in [-0.1, -0.05) is 36.8 Å². The molecule has 0 saturated heterocycles. The van der Waals surface area contributed by atoms with Crippen molar-refractivity contribution >= 4 is 12.1 Å². The van der Waals surface area contributed by atoms with E-state index in [0.29, 0.717) is 30.3 Å². The predicted molar refractivity (Wildman–Crippen MR) is 118 cm³/mol. The number of carbonyl (C=O) groups is 2. The SMILES string of the molecule is CCO[C@H]1CC[C@H]2[C@@H]3CCC4=CC(=O)CCC4=C3[C@@H](c3ccc(C=O)cc3)C[C@]12C. The highest BCUT2D eigenvalue weighted by atomic mass is 16.5. The predicted octanol–water partition coefficient (Wildman–Crippen LogP) is 5.80. The molecule has 4 aliphatic rings. The number of benzene rings is 1. The van der Waals surface area contributed by atoms with Crippen molar-refractivity contribution in [2.24, 2.45) is 17.3 Å². The Bertz CT molecular complexity index is 922. The molecule has 0 amide bonds. The first kappa shape index (κ1) is 19.9. The molecule has 0 spiro atoms. The number of allylic oxidation sites excluding steroid dienone is 4. The van der Waals surface area contributed by atoms with Gasteiger partial charge in [0, 0.05) is 24.5 Å². The first-order valence-corrected chi connectivity index (χ1v) is 11.7. The number of carbonyl (C=O) groups excluding carboxylic acids is 2. The summed E-state index contributed by atoms with van der Waals surface area (Å²) >= 11 is 0. The van der Waals surface area contributed by atoms with Gasteiger partial charge in [0.05, 0.1) is 6.10 Å². The number of hydrogen-bond acceptors (Lipinski definition) is 3. The first-order valence-electron chi connectivity index (χ1n) is 11.7. The zero-order valence-electron chi connectivity index (χ0n) is 18.2. The lowest BCUT2D eigenvalue weighted by Gasteiger charge is -2.52. The summed E-state index contributed by atoms with van der Waals surface area (Å²) in [5.74, 6) is 1.90. The second kappa shape index (κ2) is 7.60. The van der Waals surface area contributed by atoms with Gasteiger partial charge in [0.15, 0.2) is 5.78 Å². The Hall–Kier alpha value is -2.00. The van der Waals surface area contributed by atoms with Gasteiger partial charge in [-0.25, -0.2) is 0 Å². The van der Waals surface area contributed by atoms with Gasteiger partial charge in [-0.05, 0) is 85.5 Å². The Kier molecular flexibility index (Phi) is 5.05. The molecule has 0 radical (unpaired) electrons. The van der Waals surface area contributed by atoms with Crippen molar-refractivity contribution in [2.45, 2.75) is 70.8 Å². The molecule has 3 nitrogen and oxygen atoms in total. The van der Waals surface area contributed by atoms with Crippen LogP contribution in [-0.2, 0) is 9.53 Å². The van der Waals surface area contributed by atoms with Crippen LogP contribution >= 0.6 is 0 Å². The molecule has 5 atom stereocenters. The largest absolute Gasteiger partial charge is 0.378 e. The molecule has 0 unspecified atom stereocenters. The smallest absolute Gasteiger partial charge is 0.156 e. The second-order valence-corrected chi connectivity index (χ2v) is 9.89. The molecule has 0 aromatic heterocycles. The second-order valence-electron chi connectivity index (χ2n) is 9.89. The third-order valence-electron chi connectivity index (χ3n) is 8.49. The summed E-state index contributed by atoms with van der Waals surface area (Å²) in [6.45, 7) is 5.35. The Morgan fingerprint density at radius 2 is 1.90 bits per heavy atom. The van der Waals surface area contributed by atoms with Gasteiger partial charge < -0.3 is 4.74 Å². The fourth-order valence-corrected chi connectivity index (χ4v) is 7.19. The zero-order chi connectivity index (χ0) is 20.9. The number of aldehydes is 1. The molecule has 0 N–H and O–H groups in total. The van der Waals surface area contributed by atoms with Gasteiger partial charge in [0.25, 0.3) is 0 Å². The number of ketones is 1. The van der Waals surface area contributed by atoms with Gasteiger partial charge in [0.1, 0.15) is 6.29 Å². The Balaban J connectivity index is 1.64. The Morgan fingerprint density at radius 1 is 1.10 bits per heavy atom. The third-order valence-corrected chi connectivity index (χ3v) is 8.49. The van der Waals surface area contributed by atoms with E-state index in [4.69, 9.17) is 4.74 Å². The van der Waals surface area contributed by atoms with Crippen molar-refractivity contribution in [1.82, 2.24) is 0 Å². The fraction of sp³-hybridized carbons (Fsp3) is 0.556. The molecule has 1 aromatic rings. The normalized spacial score (nSPS) is 35.4. The topological polar surface area (TPSA) is 43.4 Å². The summed E-state index contributed by atoms with van der Waals surface area (Å²) in [5, 5.41) is 0. The van der Waals surface area contributed by atoms with Crippen molar-refractivity contribution in [2.75, 3.05) is 6.61 Å². The molecule has 0 aliphatic heterocycles. The van der Waals surface area contributed by atoms with Crippen molar-refractivity contribution < 1.29 is 14.3 Å². The molecule has 3 heteroatoms. The van der Waals surface area contributed by atoms with Gasteiger partial charge in [0.2, 0.25) is 0 Å². The van der Waals surface area contributed by atoms with E-state index in [1.807, 2.05) is 18.2 Å². The molecule has 2 fully saturated rings. The number of hydrogen-bond donors (Lipinski definition) is 0. The van der Waals surface area contributed by atoms with Gasteiger partial charge in [-0.2, -0.15) is 0 Å². The van der Waals surface area contributed by atoms with E-state index < -0.39 is 0 Å². The van der Waals surface area contributed by atoms with E-state index in [-0.39, 0.29) is 11.2 Å². The minimum Gasteiger partial charge on any atom is -0.378 e. The Morgan fingerprint density at radius 3 is 2.63 bits per heavy atom. The van der Waals surface area contributed by atoms with Crippen LogP contribution in [0.15, 0.2) is 47.1 Å². The van der Waals surface area contributed by atoms with Gasteiger partial charge >= 0.3 is 0 Å². The van der Waals surface area contributed by atoms with Crippen molar-refractivity contribution in [3.8, 4) is 0 Å².